The molecule has 1 aromatic carbocycles. The third-order valence-electron chi connectivity index (χ3n) is 3.23. The van der Waals surface area contributed by atoms with Crippen LogP contribution in [0.3, 0.4) is 0 Å². The summed E-state index contributed by atoms with van der Waals surface area (Å²) in [6.07, 6.45) is 3.07. The van der Waals surface area contributed by atoms with Crippen LogP contribution in [0.5, 0.6) is 0 Å². The zero-order chi connectivity index (χ0) is 13.1. The normalized spacial score (nSPS) is 19.9. The minimum absolute atomic E-state index is 0.0373. The van der Waals surface area contributed by atoms with Crippen LogP contribution in [0.15, 0.2) is 18.2 Å². The van der Waals surface area contributed by atoms with Crippen molar-refractivity contribution in [3.8, 4) is 0 Å². The lowest BCUT2D eigenvalue weighted by atomic mass is 10.0. The number of carbonyl (C=O) groups is 1. The van der Waals surface area contributed by atoms with Gasteiger partial charge in [0, 0.05) is 22.0 Å². The highest BCUT2D eigenvalue weighted by atomic mass is 127. The summed E-state index contributed by atoms with van der Waals surface area (Å²) >= 11 is 7.91. The van der Waals surface area contributed by atoms with Crippen LogP contribution in [0.25, 0.3) is 0 Å². The van der Waals surface area contributed by atoms with Gasteiger partial charge in [0.1, 0.15) is 5.82 Å². The van der Waals surface area contributed by atoms with Gasteiger partial charge < -0.3 is 4.90 Å². The molecule has 98 valence electrons. The smallest absolute Gasteiger partial charge is 0.255 e. The van der Waals surface area contributed by atoms with E-state index in [0.717, 1.165) is 25.8 Å². The van der Waals surface area contributed by atoms with E-state index in [4.69, 9.17) is 11.6 Å². The van der Waals surface area contributed by atoms with Gasteiger partial charge in [-0.05, 0) is 60.1 Å². The van der Waals surface area contributed by atoms with Crippen LogP contribution in [-0.4, -0.2) is 29.3 Å². The minimum Gasteiger partial charge on any atom is -0.334 e. The lowest BCUT2D eigenvalue weighted by Crippen LogP contribution is -2.45. The molecular formula is C13H14ClFINO. The fourth-order valence-corrected chi connectivity index (χ4v) is 3.27. The summed E-state index contributed by atoms with van der Waals surface area (Å²) in [7, 11) is 0. The number of halogens is 3. The molecule has 0 N–H and O–H groups in total. The van der Waals surface area contributed by atoms with Crippen LogP contribution in [-0.2, 0) is 0 Å². The van der Waals surface area contributed by atoms with Crippen molar-refractivity contribution in [1.29, 1.82) is 0 Å². The Kier molecular flexibility index (Phi) is 4.84. The zero-order valence-electron chi connectivity index (χ0n) is 9.83. The molecule has 0 aliphatic carbocycles. The molecule has 1 fully saturated rings. The second kappa shape index (κ2) is 6.19. The van der Waals surface area contributed by atoms with Crippen molar-refractivity contribution in [3.63, 3.8) is 0 Å². The first-order valence-corrected chi connectivity index (χ1v) is 7.57. The standard InChI is InChI=1S/C13H14ClFINO/c14-8-10-3-1-2-6-17(10)13(18)11-5-4-9(15)7-12(11)16/h4-5,7,10H,1-3,6,8H2. The molecule has 0 aromatic heterocycles. The van der Waals surface area contributed by atoms with Crippen molar-refractivity contribution >= 4 is 40.1 Å². The maximum atomic E-state index is 13.0. The second-order valence-corrected chi connectivity index (χ2v) is 5.90. The van der Waals surface area contributed by atoms with Gasteiger partial charge in [-0.3, -0.25) is 4.79 Å². The molecule has 0 bridgehead atoms. The lowest BCUT2D eigenvalue weighted by molar-refractivity contribution is 0.0638. The molecule has 1 heterocycles. The first kappa shape index (κ1) is 14.1. The number of carbonyl (C=O) groups excluding carboxylic acids is 1. The van der Waals surface area contributed by atoms with Gasteiger partial charge in [0.15, 0.2) is 0 Å². The van der Waals surface area contributed by atoms with Crippen LogP contribution < -0.4 is 0 Å². The van der Waals surface area contributed by atoms with Crippen LogP contribution in [0, 0.1) is 9.39 Å². The summed E-state index contributed by atoms with van der Waals surface area (Å²) in [5.74, 6) is 0.108. The highest BCUT2D eigenvalue weighted by Gasteiger charge is 2.27. The van der Waals surface area contributed by atoms with Crippen LogP contribution in [0.4, 0.5) is 4.39 Å². The molecule has 0 radical (unpaired) electrons. The molecule has 0 saturated carbocycles. The Hall–Kier alpha value is -0.360. The summed E-state index contributed by atoms with van der Waals surface area (Å²) in [4.78, 5) is 14.3. The van der Waals surface area contributed by atoms with Crippen molar-refractivity contribution in [2.45, 2.75) is 25.3 Å². The Morgan fingerprint density at radius 1 is 1.50 bits per heavy atom. The van der Waals surface area contributed by atoms with Gasteiger partial charge in [-0.2, -0.15) is 0 Å². The molecule has 0 spiro atoms. The average Bonchev–Trinajstić information content (AvgIpc) is 2.38. The number of piperidine rings is 1. The first-order valence-electron chi connectivity index (χ1n) is 5.95. The number of rotatable bonds is 2. The van der Waals surface area contributed by atoms with Crippen molar-refractivity contribution in [3.05, 3.63) is 33.1 Å². The molecule has 1 aromatic rings. The quantitative estimate of drug-likeness (QED) is 0.565. The van der Waals surface area contributed by atoms with E-state index < -0.39 is 0 Å². The predicted octanol–water partition coefficient (Wildman–Crippen LogP) is 3.66. The second-order valence-electron chi connectivity index (χ2n) is 4.43. The van der Waals surface area contributed by atoms with Gasteiger partial charge in [0.05, 0.1) is 5.56 Å². The number of likely N-dealkylation sites (tertiary alicyclic amines) is 1. The van der Waals surface area contributed by atoms with Crippen molar-refractivity contribution < 1.29 is 9.18 Å². The van der Waals surface area contributed by atoms with Crippen LogP contribution >= 0.6 is 34.2 Å². The van der Waals surface area contributed by atoms with E-state index >= 15 is 0 Å². The van der Waals surface area contributed by atoms with Crippen LogP contribution in [0.2, 0.25) is 0 Å². The van der Waals surface area contributed by atoms with E-state index in [0.29, 0.717) is 15.0 Å². The summed E-state index contributed by atoms with van der Waals surface area (Å²) in [5.41, 5.74) is 0.564. The highest BCUT2D eigenvalue weighted by Crippen LogP contribution is 2.23. The lowest BCUT2D eigenvalue weighted by Gasteiger charge is -2.34. The van der Waals surface area contributed by atoms with E-state index in [1.807, 2.05) is 27.5 Å². The molecule has 1 amide bonds. The number of amides is 1. The SMILES string of the molecule is O=C(c1ccc(F)cc1I)N1CCCCC1CCl. The van der Waals surface area contributed by atoms with Gasteiger partial charge in [0.25, 0.3) is 5.91 Å². The van der Waals surface area contributed by atoms with E-state index in [1.165, 1.54) is 12.1 Å². The summed E-state index contributed by atoms with van der Waals surface area (Å²) in [6, 6.07) is 4.37. The molecule has 1 unspecified atom stereocenters. The first-order chi connectivity index (χ1) is 8.63. The molecule has 2 rings (SSSR count). The van der Waals surface area contributed by atoms with E-state index in [1.54, 1.807) is 6.07 Å². The molecule has 1 aliphatic heterocycles. The molecular weight excluding hydrogens is 368 g/mol. The summed E-state index contributed by atoms with van der Waals surface area (Å²) in [6.45, 7) is 0.740. The fourth-order valence-electron chi connectivity index (χ4n) is 2.25. The molecule has 1 atom stereocenters. The van der Waals surface area contributed by atoms with Gasteiger partial charge in [-0.15, -0.1) is 11.6 Å². The Bertz CT molecular complexity index is 455. The van der Waals surface area contributed by atoms with Gasteiger partial charge >= 0.3 is 0 Å². The molecule has 1 aliphatic rings. The minimum atomic E-state index is -0.316. The number of hydrogen-bond donors (Lipinski definition) is 0. The summed E-state index contributed by atoms with van der Waals surface area (Å²) in [5, 5.41) is 0. The molecule has 5 heteroatoms. The van der Waals surface area contributed by atoms with Gasteiger partial charge in [-0.1, -0.05) is 0 Å². The third-order valence-corrected chi connectivity index (χ3v) is 4.48. The average molecular weight is 382 g/mol. The molecule has 18 heavy (non-hydrogen) atoms. The molecule has 1 saturated heterocycles. The maximum Gasteiger partial charge on any atom is 0.255 e. The van der Waals surface area contributed by atoms with Crippen LogP contribution in [0.1, 0.15) is 29.6 Å². The Labute approximate surface area is 125 Å². The van der Waals surface area contributed by atoms with Gasteiger partial charge in [0.2, 0.25) is 0 Å². The Morgan fingerprint density at radius 2 is 2.28 bits per heavy atom. The topological polar surface area (TPSA) is 20.3 Å². The van der Waals surface area contributed by atoms with E-state index in [2.05, 4.69) is 0 Å². The fraction of sp³-hybridized carbons (Fsp3) is 0.462. The number of hydrogen-bond acceptors (Lipinski definition) is 1. The monoisotopic (exact) mass is 381 g/mol. The Morgan fingerprint density at radius 3 is 2.94 bits per heavy atom. The van der Waals surface area contributed by atoms with E-state index in [-0.39, 0.29) is 17.8 Å². The van der Waals surface area contributed by atoms with E-state index in [9.17, 15) is 9.18 Å². The molecule has 2 nitrogen and oxygen atoms in total. The number of benzene rings is 1. The van der Waals surface area contributed by atoms with Crippen molar-refractivity contribution in [2.24, 2.45) is 0 Å². The Balaban J connectivity index is 2.24. The van der Waals surface area contributed by atoms with Crippen molar-refractivity contribution in [1.82, 2.24) is 4.90 Å². The largest absolute Gasteiger partial charge is 0.334 e. The van der Waals surface area contributed by atoms with Crippen molar-refractivity contribution in [2.75, 3.05) is 12.4 Å². The highest BCUT2D eigenvalue weighted by molar-refractivity contribution is 14.1. The third kappa shape index (κ3) is 2.96. The predicted molar refractivity (Wildman–Crippen MR) is 78.5 cm³/mol. The zero-order valence-corrected chi connectivity index (χ0v) is 12.7. The number of nitrogens with zero attached hydrogens (tertiary/aromatic N) is 1. The number of alkyl halides is 1. The summed E-state index contributed by atoms with van der Waals surface area (Å²) < 4.78 is 13.7. The van der Waals surface area contributed by atoms with Gasteiger partial charge in [-0.25, -0.2) is 4.39 Å². The maximum absolute atomic E-state index is 13.0.